The van der Waals surface area contributed by atoms with Gasteiger partial charge in [0.15, 0.2) is 0 Å². The summed E-state index contributed by atoms with van der Waals surface area (Å²) < 4.78 is 26.0. The van der Waals surface area contributed by atoms with Crippen molar-refractivity contribution in [2.45, 2.75) is 51.9 Å². The first-order valence-electron chi connectivity index (χ1n) is 8.60. The van der Waals surface area contributed by atoms with E-state index >= 15 is 0 Å². The quantitative estimate of drug-likeness (QED) is 0.776. The predicted octanol–water partition coefficient (Wildman–Crippen LogP) is 1.53. The minimum atomic E-state index is -3.33. The molecule has 0 aromatic heterocycles. The van der Waals surface area contributed by atoms with Crippen LogP contribution in [0.3, 0.4) is 0 Å². The van der Waals surface area contributed by atoms with E-state index in [1.807, 2.05) is 13.0 Å². The van der Waals surface area contributed by atoms with Crippen LogP contribution < -0.4 is 10.6 Å². The Morgan fingerprint density at radius 2 is 2.08 bits per heavy atom. The average Bonchev–Trinajstić information content (AvgIpc) is 3.21. The topological polar surface area (TPSA) is 78.5 Å². The van der Waals surface area contributed by atoms with Crippen molar-refractivity contribution in [1.82, 2.24) is 14.9 Å². The second kappa shape index (κ2) is 8.49. The standard InChI is InChI=1S/C17H25N3O3S.ClH/c1-2-8-24(22,23)20-7-3-4-16(20)17(21)19-10-13-5-6-14-11-18-12-15(14)9-13;/h5-6,9,16,18H,2-4,7-8,10-12H2,1H3,(H,19,21);1H. The Morgan fingerprint density at radius 3 is 2.84 bits per heavy atom. The van der Waals surface area contributed by atoms with Crippen LogP contribution in [0.25, 0.3) is 0 Å². The SMILES string of the molecule is CCCS(=O)(=O)N1CCCC1C(=O)NCc1ccc2c(c1)CNC2.Cl. The van der Waals surface area contributed by atoms with Crippen LogP contribution in [0.1, 0.15) is 42.9 Å². The van der Waals surface area contributed by atoms with Crippen LogP contribution in [-0.4, -0.2) is 37.0 Å². The first-order chi connectivity index (χ1) is 11.5. The fourth-order valence-electron chi connectivity index (χ4n) is 3.48. The lowest BCUT2D eigenvalue weighted by Crippen LogP contribution is -2.46. The molecular formula is C17H26ClN3O3S. The van der Waals surface area contributed by atoms with Crippen molar-refractivity contribution in [1.29, 1.82) is 0 Å². The molecule has 0 spiro atoms. The van der Waals surface area contributed by atoms with Crippen molar-refractivity contribution < 1.29 is 13.2 Å². The van der Waals surface area contributed by atoms with Crippen molar-refractivity contribution >= 4 is 28.3 Å². The van der Waals surface area contributed by atoms with Crippen LogP contribution >= 0.6 is 12.4 Å². The summed E-state index contributed by atoms with van der Waals surface area (Å²) >= 11 is 0. The number of amides is 1. The molecular weight excluding hydrogens is 362 g/mol. The number of halogens is 1. The Balaban J connectivity index is 0.00000225. The van der Waals surface area contributed by atoms with Crippen LogP contribution in [0.5, 0.6) is 0 Å². The molecule has 1 unspecified atom stereocenters. The lowest BCUT2D eigenvalue weighted by atomic mass is 10.1. The number of hydrogen-bond donors (Lipinski definition) is 2. The molecule has 2 aliphatic rings. The van der Waals surface area contributed by atoms with Crippen molar-refractivity contribution in [3.05, 3.63) is 34.9 Å². The van der Waals surface area contributed by atoms with Crippen LogP contribution in [0.2, 0.25) is 0 Å². The largest absolute Gasteiger partial charge is 0.351 e. The molecule has 3 rings (SSSR count). The number of rotatable bonds is 6. The lowest BCUT2D eigenvalue weighted by molar-refractivity contribution is -0.124. The van der Waals surface area contributed by atoms with Gasteiger partial charge in [-0.05, 0) is 36.0 Å². The van der Waals surface area contributed by atoms with Gasteiger partial charge in [-0.2, -0.15) is 4.31 Å². The molecule has 1 atom stereocenters. The Labute approximate surface area is 155 Å². The van der Waals surface area contributed by atoms with E-state index in [9.17, 15) is 13.2 Å². The number of hydrogen-bond acceptors (Lipinski definition) is 4. The van der Waals surface area contributed by atoms with Crippen LogP contribution in [-0.2, 0) is 34.5 Å². The van der Waals surface area contributed by atoms with Gasteiger partial charge < -0.3 is 10.6 Å². The van der Waals surface area contributed by atoms with Gasteiger partial charge in [0, 0.05) is 26.2 Å². The number of carbonyl (C=O) groups is 1. The van der Waals surface area contributed by atoms with E-state index in [0.717, 1.165) is 25.1 Å². The van der Waals surface area contributed by atoms with Crippen molar-refractivity contribution in [3.8, 4) is 0 Å². The Kier molecular flexibility index (Phi) is 6.85. The summed E-state index contributed by atoms with van der Waals surface area (Å²) in [6.07, 6.45) is 1.91. The summed E-state index contributed by atoms with van der Waals surface area (Å²) in [7, 11) is -3.33. The molecule has 25 heavy (non-hydrogen) atoms. The van der Waals surface area contributed by atoms with Gasteiger partial charge in [-0.25, -0.2) is 8.42 Å². The second-order valence-corrected chi connectivity index (χ2v) is 8.55. The molecule has 1 aromatic rings. The first-order valence-corrected chi connectivity index (χ1v) is 10.2. The third-order valence-corrected chi connectivity index (χ3v) is 6.77. The first kappa shape index (κ1) is 20.2. The van der Waals surface area contributed by atoms with E-state index in [1.165, 1.54) is 15.4 Å². The van der Waals surface area contributed by atoms with Crippen LogP contribution in [0.4, 0.5) is 0 Å². The zero-order valence-corrected chi connectivity index (χ0v) is 16.1. The minimum Gasteiger partial charge on any atom is -0.351 e. The van der Waals surface area contributed by atoms with E-state index in [0.29, 0.717) is 25.9 Å². The lowest BCUT2D eigenvalue weighted by Gasteiger charge is -2.23. The smallest absolute Gasteiger partial charge is 0.238 e. The molecule has 0 bridgehead atoms. The number of sulfonamides is 1. The maximum absolute atomic E-state index is 12.5. The number of nitrogens with zero attached hydrogens (tertiary/aromatic N) is 1. The van der Waals surface area contributed by atoms with E-state index in [1.54, 1.807) is 0 Å². The number of carbonyl (C=O) groups excluding carboxylic acids is 1. The van der Waals surface area contributed by atoms with E-state index in [2.05, 4.69) is 22.8 Å². The van der Waals surface area contributed by atoms with Crippen LogP contribution in [0, 0.1) is 0 Å². The van der Waals surface area contributed by atoms with Gasteiger partial charge in [0.05, 0.1) is 5.75 Å². The molecule has 0 aliphatic carbocycles. The molecule has 2 aliphatic heterocycles. The van der Waals surface area contributed by atoms with Gasteiger partial charge in [0.2, 0.25) is 15.9 Å². The number of fused-ring (bicyclic) bond motifs is 1. The van der Waals surface area contributed by atoms with Crippen LogP contribution in [0.15, 0.2) is 18.2 Å². The van der Waals surface area contributed by atoms with Crippen molar-refractivity contribution in [2.75, 3.05) is 12.3 Å². The predicted molar refractivity (Wildman–Crippen MR) is 99.9 cm³/mol. The minimum absolute atomic E-state index is 0. The van der Waals surface area contributed by atoms with Gasteiger partial charge in [-0.1, -0.05) is 25.1 Å². The highest BCUT2D eigenvalue weighted by atomic mass is 35.5. The Morgan fingerprint density at radius 1 is 1.32 bits per heavy atom. The molecule has 2 N–H and O–H groups in total. The Hall–Kier alpha value is -1.15. The van der Waals surface area contributed by atoms with E-state index < -0.39 is 16.1 Å². The van der Waals surface area contributed by atoms with Gasteiger partial charge >= 0.3 is 0 Å². The molecule has 1 aromatic carbocycles. The summed E-state index contributed by atoms with van der Waals surface area (Å²) in [6.45, 7) is 4.48. The normalized spacial score (nSPS) is 20.1. The summed E-state index contributed by atoms with van der Waals surface area (Å²) in [4.78, 5) is 12.5. The fourth-order valence-corrected chi connectivity index (χ4v) is 5.22. The zero-order chi connectivity index (χ0) is 17.2. The molecule has 0 saturated carbocycles. The third kappa shape index (κ3) is 4.53. The highest BCUT2D eigenvalue weighted by Gasteiger charge is 2.37. The summed E-state index contributed by atoms with van der Waals surface area (Å²) in [6, 6.07) is 5.66. The number of benzene rings is 1. The molecule has 1 saturated heterocycles. The van der Waals surface area contributed by atoms with Gasteiger partial charge in [-0.15, -0.1) is 12.4 Å². The molecule has 1 fully saturated rings. The van der Waals surface area contributed by atoms with Gasteiger partial charge in [-0.3, -0.25) is 4.79 Å². The van der Waals surface area contributed by atoms with Gasteiger partial charge in [0.1, 0.15) is 6.04 Å². The second-order valence-electron chi connectivity index (χ2n) is 6.51. The average molecular weight is 388 g/mol. The molecule has 8 heteroatoms. The molecule has 1 amide bonds. The maximum atomic E-state index is 12.5. The number of nitrogens with one attached hydrogen (secondary N) is 2. The monoisotopic (exact) mass is 387 g/mol. The highest BCUT2D eigenvalue weighted by molar-refractivity contribution is 7.89. The molecule has 2 heterocycles. The highest BCUT2D eigenvalue weighted by Crippen LogP contribution is 2.22. The molecule has 140 valence electrons. The molecule has 6 nitrogen and oxygen atoms in total. The fraction of sp³-hybridized carbons (Fsp3) is 0.588. The third-order valence-electron chi connectivity index (χ3n) is 4.69. The van der Waals surface area contributed by atoms with E-state index in [-0.39, 0.29) is 24.1 Å². The molecule has 0 radical (unpaired) electrons. The summed E-state index contributed by atoms with van der Waals surface area (Å²) in [5.74, 6) is -0.0833. The Bertz CT molecular complexity index is 724. The van der Waals surface area contributed by atoms with E-state index in [4.69, 9.17) is 0 Å². The van der Waals surface area contributed by atoms with Crippen molar-refractivity contribution in [3.63, 3.8) is 0 Å². The summed E-state index contributed by atoms with van der Waals surface area (Å²) in [5.41, 5.74) is 3.62. The maximum Gasteiger partial charge on any atom is 0.238 e. The van der Waals surface area contributed by atoms with Crippen molar-refractivity contribution in [2.24, 2.45) is 0 Å². The van der Waals surface area contributed by atoms with Gasteiger partial charge in [0.25, 0.3) is 0 Å². The summed E-state index contributed by atoms with van der Waals surface area (Å²) in [5, 5.41) is 6.21. The zero-order valence-electron chi connectivity index (χ0n) is 14.5.